The standard InChI is InChI=1S/C18H12FN5O.C4H9N/c19-16-7-6-14(21-11-25)8-15(16)17-22-18-20-9-13(10-24(18)23-17)12-4-2-1-3-5-12;1-5-3-2-4-5/h1-11H,(H,21,25);2-4H2,1H3. The van der Waals surface area contributed by atoms with Crippen LogP contribution in [-0.4, -0.2) is 51.0 Å². The molecule has 0 spiro atoms. The zero-order valence-corrected chi connectivity index (χ0v) is 16.5. The van der Waals surface area contributed by atoms with Crippen LogP contribution >= 0.6 is 0 Å². The number of aromatic nitrogens is 4. The lowest BCUT2D eigenvalue weighted by molar-refractivity contribution is -0.105. The van der Waals surface area contributed by atoms with Gasteiger partial charge < -0.3 is 10.2 Å². The Morgan fingerprint density at radius 1 is 1.10 bits per heavy atom. The average Bonchev–Trinajstić information content (AvgIpc) is 3.18. The van der Waals surface area contributed by atoms with E-state index in [1.807, 2.05) is 30.3 Å². The van der Waals surface area contributed by atoms with E-state index in [1.54, 1.807) is 12.4 Å². The zero-order valence-electron chi connectivity index (χ0n) is 16.5. The minimum atomic E-state index is -0.476. The van der Waals surface area contributed by atoms with Crippen molar-refractivity contribution in [2.24, 2.45) is 0 Å². The predicted molar refractivity (Wildman–Crippen MR) is 113 cm³/mol. The molecule has 152 valence electrons. The summed E-state index contributed by atoms with van der Waals surface area (Å²) in [6.07, 6.45) is 5.43. The van der Waals surface area contributed by atoms with Gasteiger partial charge in [-0.3, -0.25) is 4.79 Å². The Morgan fingerprint density at radius 2 is 1.87 bits per heavy atom. The van der Waals surface area contributed by atoms with Crippen LogP contribution in [-0.2, 0) is 4.79 Å². The van der Waals surface area contributed by atoms with E-state index >= 15 is 0 Å². The number of likely N-dealkylation sites (tertiary alicyclic amines) is 1. The van der Waals surface area contributed by atoms with E-state index in [-0.39, 0.29) is 11.4 Å². The smallest absolute Gasteiger partial charge is 0.252 e. The first-order valence-corrected chi connectivity index (χ1v) is 9.60. The third kappa shape index (κ3) is 4.33. The van der Waals surface area contributed by atoms with Crippen molar-refractivity contribution >= 4 is 17.9 Å². The predicted octanol–water partition coefficient (Wildman–Crippen LogP) is 3.49. The van der Waals surface area contributed by atoms with Crippen molar-refractivity contribution < 1.29 is 9.18 Å². The molecular formula is C22H21FN6O. The molecule has 1 N–H and O–H groups in total. The van der Waals surface area contributed by atoms with Crippen LogP contribution in [0.5, 0.6) is 0 Å². The van der Waals surface area contributed by atoms with Crippen molar-refractivity contribution in [1.29, 1.82) is 0 Å². The third-order valence-corrected chi connectivity index (χ3v) is 4.81. The molecule has 7 nitrogen and oxygen atoms in total. The number of nitrogens with one attached hydrogen (secondary N) is 1. The second-order valence-electron chi connectivity index (χ2n) is 7.00. The maximum absolute atomic E-state index is 14.1. The van der Waals surface area contributed by atoms with Crippen molar-refractivity contribution in [1.82, 2.24) is 24.5 Å². The zero-order chi connectivity index (χ0) is 20.9. The number of halogens is 1. The maximum Gasteiger partial charge on any atom is 0.252 e. The van der Waals surface area contributed by atoms with Crippen molar-refractivity contribution in [2.45, 2.75) is 6.42 Å². The van der Waals surface area contributed by atoms with Crippen molar-refractivity contribution in [2.75, 3.05) is 25.5 Å². The fourth-order valence-electron chi connectivity index (χ4n) is 3.00. The van der Waals surface area contributed by atoms with Crippen molar-refractivity contribution in [3.8, 4) is 22.5 Å². The highest BCUT2D eigenvalue weighted by Gasteiger charge is 2.13. The molecule has 1 fully saturated rings. The summed E-state index contributed by atoms with van der Waals surface area (Å²) in [4.78, 5) is 21.4. The Labute approximate surface area is 173 Å². The number of nitrogens with zero attached hydrogens (tertiary/aromatic N) is 5. The minimum Gasteiger partial charge on any atom is -0.329 e. The lowest BCUT2D eigenvalue weighted by Gasteiger charge is -2.24. The van der Waals surface area contributed by atoms with Gasteiger partial charge in [0.05, 0.1) is 5.56 Å². The molecule has 0 unspecified atom stereocenters. The summed E-state index contributed by atoms with van der Waals surface area (Å²) in [6.45, 7) is 2.64. The number of carbonyl (C=O) groups is 1. The molecule has 30 heavy (non-hydrogen) atoms. The Kier molecular flexibility index (Phi) is 5.76. The molecule has 8 heteroatoms. The Bertz CT molecular complexity index is 1160. The van der Waals surface area contributed by atoms with Gasteiger partial charge in [-0.2, -0.15) is 4.98 Å². The highest BCUT2D eigenvalue weighted by molar-refractivity contribution is 5.75. The van der Waals surface area contributed by atoms with E-state index < -0.39 is 5.82 Å². The Morgan fingerprint density at radius 3 is 2.53 bits per heavy atom. The molecule has 0 atom stereocenters. The molecule has 0 aliphatic carbocycles. The van der Waals surface area contributed by atoms with Crippen LogP contribution in [0.3, 0.4) is 0 Å². The van der Waals surface area contributed by atoms with Crippen LogP contribution in [0.1, 0.15) is 6.42 Å². The number of hydrogen-bond acceptors (Lipinski definition) is 5. The first-order chi connectivity index (χ1) is 14.6. The van der Waals surface area contributed by atoms with Crippen molar-refractivity contribution in [3.63, 3.8) is 0 Å². The normalized spacial score (nSPS) is 13.3. The maximum atomic E-state index is 14.1. The van der Waals surface area contributed by atoms with Gasteiger partial charge in [0.2, 0.25) is 6.41 Å². The van der Waals surface area contributed by atoms with Crippen LogP contribution in [0.4, 0.5) is 10.1 Å². The van der Waals surface area contributed by atoms with Crippen LogP contribution in [0.25, 0.3) is 28.3 Å². The van der Waals surface area contributed by atoms with E-state index in [4.69, 9.17) is 0 Å². The van der Waals surface area contributed by atoms with E-state index in [9.17, 15) is 9.18 Å². The van der Waals surface area contributed by atoms with Gasteiger partial charge in [0.1, 0.15) is 5.82 Å². The molecule has 3 heterocycles. The molecule has 1 saturated heterocycles. The molecule has 2 aromatic carbocycles. The third-order valence-electron chi connectivity index (χ3n) is 4.81. The summed E-state index contributed by atoms with van der Waals surface area (Å²) >= 11 is 0. The van der Waals surface area contributed by atoms with Gasteiger partial charge in [-0.25, -0.2) is 13.9 Å². The molecule has 0 bridgehead atoms. The number of hydrogen-bond donors (Lipinski definition) is 1. The number of anilines is 1. The number of rotatable bonds is 4. The summed E-state index contributed by atoms with van der Waals surface area (Å²) in [7, 11) is 2.14. The van der Waals surface area contributed by atoms with E-state index in [2.05, 4.69) is 32.3 Å². The number of fused-ring (bicyclic) bond motifs is 1. The largest absolute Gasteiger partial charge is 0.329 e. The molecule has 0 saturated carbocycles. The van der Waals surface area contributed by atoms with Gasteiger partial charge in [-0.15, -0.1) is 5.10 Å². The fraction of sp³-hybridized carbons (Fsp3) is 0.182. The van der Waals surface area contributed by atoms with Crippen LogP contribution in [0, 0.1) is 5.82 Å². The quantitative estimate of drug-likeness (QED) is 0.527. The van der Waals surface area contributed by atoms with Crippen LogP contribution < -0.4 is 5.32 Å². The second kappa shape index (κ2) is 8.79. The van der Waals surface area contributed by atoms with Crippen LogP contribution in [0.15, 0.2) is 60.9 Å². The summed E-state index contributed by atoms with van der Waals surface area (Å²) in [6, 6.07) is 14.0. The SMILES string of the molecule is CN1CCC1.O=CNc1ccc(F)c(-c2nc3ncc(-c4ccccc4)cn3n2)c1. The van der Waals surface area contributed by atoms with E-state index in [1.165, 1.54) is 42.2 Å². The fourth-order valence-corrected chi connectivity index (χ4v) is 3.00. The van der Waals surface area contributed by atoms with Gasteiger partial charge in [-0.1, -0.05) is 30.3 Å². The van der Waals surface area contributed by atoms with Gasteiger partial charge in [-0.05, 0) is 50.3 Å². The van der Waals surface area contributed by atoms with E-state index in [0.717, 1.165) is 11.1 Å². The molecule has 1 aliphatic heterocycles. The highest BCUT2D eigenvalue weighted by atomic mass is 19.1. The summed E-state index contributed by atoms with van der Waals surface area (Å²) in [5.74, 6) is 0.0863. The molecule has 1 amide bonds. The van der Waals surface area contributed by atoms with Gasteiger partial charge in [0, 0.05) is 23.6 Å². The van der Waals surface area contributed by atoms with Gasteiger partial charge in [0.25, 0.3) is 5.78 Å². The van der Waals surface area contributed by atoms with Crippen LogP contribution in [0.2, 0.25) is 0 Å². The average molecular weight is 404 g/mol. The van der Waals surface area contributed by atoms with Gasteiger partial charge >= 0.3 is 0 Å². The highest BCUT2D eigenvalue weighted by Crippen LogP contribution is 2.24. The topological polar surface area (TPSA) is 75.4 Å². The summed E-state index contributed by atoms with van der Waals surface area (Å²) in [5.41, 5.74) is 2.53. The Hall–Kier alpha value is -3.65. The molecule has 5 rings (SSSR count). The molecular weight excluding hydrogens is 383 g/mol. The first-order valence-electron chi connectivity index (χ1n) is 9.60. The number of carbonyl (C=O) groups excluding carboxylic acids is 1. The second-order valence-corrected chi connectivity index (χ2v) is 7.00. The molecule has 0 radical (unpaired) electrons. The van der Waals surface area contributed by atoms with E-state index in [0.29, 0.717) is 17.9 Å². The number of amides is 1. The molecule has 2 aromatic heterocycles. The van der Waals surface area contributed by atoms with Gasteiger partial charge in [0.15, 0.2) is 5.82 Å². The molecule has 1 aliphatic rings. The lowest BCUT2D eigenvalue weighted by Crippen LogP contribution is -2.32. The first kappa shape index (κ1) is 19.7. The summed E-state index contributed by atoms with van der Waals surface area (Å²) in [5, 5.41) is 6.80. The van der Waals surface area contributed by atoms with Crippen molar-refractivity contribution in [3.05, 3.63) is 66.7 Å². The summed E-state index contributed by atoms with van der Waals surface area (Å²) < 4.78 is 15.7. The lowest BCUT2D eigenvalue weighted by atomic mass is 10.1. The molecule has 4 aromatic rings. The number of benzene rings is 2. The monoisotopic (exact) mass is 404 g/mol. The minimum absolute atomic E-state index is 0.193. The Balaban J connectivity index is 0.000000383.